The summed E-state index contributed by atoms with van der Waals surface area (Å²) in [4.78, 5) is 10.2. The van der Waals surface area contributed by atoms with E-state index in [0.29, 0.717) is 17.2 Å². The molecule has 11 heavy (non-hydrogen) atoms. The fourth-order valence-corrected chi connectivity index (χ4v) is 1.24. The van der Waals surface area contributed by atoms with Crippen LogP contribution in [0.1, 0.15) is 15.9 Å². The molecule has 0 bridgehead atoms. The molecule has 0 aliphatic heterocycles. The Morgan fingerprint density at radius 3 is 2.73 bits per heavy atom. The summed E-state index contributed by atoms with van der Waals surface area (Å²) in [5.41, 5.74) is 1.28. The van der Waals surface area contributed by atoms with E-state index >= 15 is 0 Å². The number of aromatic hydroxyl groups is 1. The molecule has 0 amide bonds. The van der Waals surface area contributed by atoms with Gasteiger partial charge in [-0.25, -0.2) is 0 Å². The van der Waals surface area contributed by atoms with Crippen LogP contribution in [0.2, 0.25) is 0 Å². The first-order valence-electron chi connectivity index (χ1n) is 3.11. The number of alkyl halides is 1. The van der Waals surface area contributed by atoms with Crippen LogP contribution in [0.15, 0.2) is 18.2 Å². The Kier molecular flexibility index (Phi) is 2.65. The molecule has 0 saturated carbocycles. The Hall–Kier alpha value is -0.830. The van der Waals surface area contributed by atoms with Gasteiger partial charge in [-0.3, -0.25) is 4.79 Å². The molecule has 1 aromatic carbocycles. The van der Waals surface area contributed by atoms with E-state index in [1.807, 2.05) is 0 Å². The van der Waals surface area contributed by atoms with Gasteiger partial charge < -0.3 is 5.11 Å². The smallest absolute Gasteiger partial charge is 0.150 e. The Morgan fingerprint density at radius 1 is 1.55 bits per heavy atom. The van der Waals surface area contributed by atoms with Gasteiger partial charge in [0.05, 0.1) is 0 Å². The van der Waals surface area contributed by atoms with E-state index < -0.39 is 0 Å². The van der Waals surface area contributed by atoms with Gasteiger partial charge in [-0.05, 0) is 6.07 Å². The molecule has 1 rings (SSSR count). The van der Waals surface area contributed by atoms with Crippen LogP contribution in [0.4, 0.5) is 0 Å². The monoisotopic (exact) mass is 214 g/mol. The molecule has 0 aliphatic rings. The number of halogens is 1. The first kappa shape index (κ1) is 8.27. The predicted octanol–water partition coefficient (Wildman–Crippen LogP) is 2.10. The lowest BCUT2D eigenvalue weighted by atomic mass is 10.1. The first-order valence-corrected chi connectivity index (χ1v) is 4.23. The highest BCUT2D eigenvalue weighted by molar-refractivity contribution is 9.08. The lowest BCUT2D eigenvalue weighted by molar-refractivity contribution is 0.112. The van der Waals surface area contributed by atoms with Crippen molar-refractivity contribution < 1.29 is 9.90 Å². The molecule has 0 unspecified atom stereocenters. The van der Waals surface area contributed by atoms with Crippen LogP contribution in [0.25, 0.3) is 0 Å². The summed E-state index contributed by atoms with van der Waals surface area (Å²) in [6.45, 7) is 0. The average molecular weight is 215 g/mol. The number of hydrogen-bond donors (Lipinski definition) is 1. The number of aldehydes is 1. The highest BCUT2D eigenvalue weighted by Gasteiger charge is 1.99. The lowest BCUT2D eigenvalue weighted by Crippen LogP contribution is -1.83. The number of phenolic OH excluding ortho intramolecular Hbond substituents is 1. The number of carbonyl (C=O) groups excluding carboxylic acids is 1. The van der Waals surface area contributed by atoms with E-state index in [4.69, 9.17) is 0 Å². The minimum absolute atomic E-state index is 0.159. The molecule has 2 nitrogen and oxygen atoms in total. The second-order valence-electron chi connectivity index (χ2n) is 2.14. The molecular weight excluding hydrogens is 208 g/mol. The van der Waals surface area contributed by atoms with Crippen molar-refractivity contribution in [2.75, 3.05) is 0 Å². The largest absolute Gasteiger partial charge is 0.508 e. The van der Waals surface area contributed by atoms with E-state index in [0.717, 1.165) is 5.56 Å². The van der Waals surface area contributed by atoms with Crippen molar-refractivity contribution in [2.45, 2.75) is 5.33 Å². The summed E-state index contributed by atoms with van der Waals surface area (Å²) < 4.78 is 0. The minimum atomic E-state index is 0.159. The van der Waals surface area contributed by atoms with Crippen molar-refractivity contribution >= 4 is 22.2 Å². The molecule has 0 aliphatic carbocycles. The Balaban J connectivity index is 3.09. The van der Waals surface area contributed by atoms with Crippen molar-refractivity contribution in [3.63, 3.8) is 0 Å². The van der Waals surface area contributed by atoms with Crippen LogP contribution in [0, 0.1) is 0 Å². The predicted molar refractivity (Wildman–Crippen MR) is 46.1 cm³/mol. The van der Waals surface area contributed by atoms with Gasteiger partial charge in [-0.15, -0.1) is 0 Å². The van der Waals surface area contributed by atoms with Crippen LogP contribution >= 0.6 is 15.9 Å². The molecule has 58 valence electrons. The summed E-state index contributed by atoms with van der Waals surface area (Å²) in [6, 6.07) is 4.83. The quantitative estimate of drug-likeness (QED) is 0.605. The first-order chi connectivity index (χ1) is 5.27. The molecule has 0 heterocycles. The molecule has 0 atom stereocenters. The van der Waals surface area contributed by atoms with Crippen molar-refractivity contribution in [2.24, 2.45) is 0 Å². The Labute approximate surface area is 73.0 Å². The maximum absolute atomic E-state index is 10.2. The van der Waals surface area contributed by atoms with Crippen LogP contribution in [-0.4, -0.2) is 11.4 Å². The molecule has 0 fully saturated rings. The number of phenols is 1. The topological polar surface area (TPSA) is 37.3 Å². The molecule has 0 aromatic heterocycles. The number of hydrogen-bond acceptors (Lipinski definition) is 2. The summed E-state index contributed by atoms with van der Waals surface area (Å²) in [5.74, 6) is 0.159. The van der Waals surface area contributed by atoms with Crippen LogP contribution in [-0.2, 0) is 5.33 Å². The van der Waals surface area contributed by atoms with E-state index in [-0.39, 0.29) is 5.75 Å². The highest BCUT2D eigenvalue weighted by Crippen LogP contribution is 2.20. The second-order valence-corrected chi connectivity index (χ2v) is 2.70. The van der Waals surface area contributed by atoms with Crippen molar-refractivity contribution in [3.8, 4) is 5.75 Å². The third kappa shape index (κ3) is 1.80. The fourth-order valence-electron chi connectivity index (χ4n) is 0.767. The third-order valence-electron chi connectivity index (χ3n) is 1.39. The van der Waals surface area contributed by atoms with E-state index in [1.165, 1.54) is 6.07 Å². The van der Waals surface area contributed by atoms with E-state index in [2.05, 4.69) is 15.9 Å². The third-order valence-corrected chi connectivity index (χ3v) is 1.99. The minimum Gasteiger partial charge on any atom is -0.508 e. The molecule has 1 aromatic rings. The molecule has 3 heteroatoms. The van der Waals surface area contributed by atoms with Gasteiger partial charge in [0.2, 0.25) is 0 Å². The van der Waals surface area contributed by atoms with Gasteiger partial charge in [0, 0.05) is 16.5 Å². The summed E-state index contributed by atoms with van der Waals surface area (Å²) in [7, 11) is 0. The van der Waals surface area contributed by atoms with Crippen LogP contribution in [0.5, 0.6) is 5.75 Å². The van der Waals surface area contributed by atoms with Gasteiger partial charge in [-0.1, -0.05) is 28.1 Å². The average Bonchev–Trinajstić information content (AvgIpc) is 2.04. The van der Waals surface area contributed by atoms with Crippen molar-refractivity contribution in [1.29, 1.82) is 0 Å². The highest BCUT2D eigenvalue weighted by atomic mass is 79.9. The normalized spacial score (nSPS) is 9.55. The molecule has 0 radical (unpaired) electrons. The lowest BCUT2D eigenvalue weighted by Gasteiger charge is -1.99. The standard InChI is InChI=1S/C8H7BrO2/c9-4-7-2-1-6(5-10)3-8(7)11/h1-3,5,11H,4H2. The van der Waals surface area contributed by atoms with Gasteiger partial charge in [0.15, 0.2) is 0 Å². The summed E-state index contributed by atoms with van der Waals surface area (Å²) >= 11 is 3.21. The number of rotatable bonds is 2. The Morgan fingerprint density at radius 2 is 2.27 bits per heavy atom. The zero-order valence-corrected chi connectivity index (χ0v) is 7.34. The second kappa shape index (κ2) is 3.53. The Bertz CT molecular complexity index is 271. The van der Waals surface area contributed by atoms with Crippen LogP contribution in [0.3, 0.4) is 0 Å². The van der Waals surface area contributed by atoms with Crippen molar-refractivity contribution in [1.82, 2.24) is 0 Å². The van der Waals surface area contributed by atoms with E-state index in [1.54, 1.807) is 12.1 Å². The zero-order valence-electron chi connectivity index (χ0n) is 5.75. The van der Waals surface area contributed by atoms with Gasteiger partial charge in [0.1, 0.15) is 12.0 Å². The van der Waals surface area contributed by atoms with Gasteiger partial charge in [-0.2, -0.15) is 0 Å². The fraction of sp³-hybridized carbons (Fsp3) is 0.125. The molecular formula is C8H7BrO2. The van der Waals surface area contributed by atoms with Gasteiger partial charge >= 0.3 is 0 Å². The van der Waals surface area contributed by atoms with Crippen LogP contribution < -0.4 is 0 Å². The molecule has 0 spiro atoms. The molecule has 1 N–H and O–H groups in total. The zero-order chi connectivity index (χ0) is 8.27. The van der Waals surface area contributed by atoms with E-state index in [9.17, 15) is 9.90 Å². The van der Waals surface area contributed by atoms with Crippen molar-refractivity contribution in [3.05, 3.63) is 29.3 Å². The molecule has 0 saturated heterocycles. The SMILES string of the molecule is O=Cc1ccc(CBr)c(O)c1. The maximum atomic E-state index is 10.2. The number of benzene rings is 1. The summed E-state index contributed by atoms with van der Waals surface area (Å²) in [6.07, 6.45) is 0.706. The number of carbonyl (C=O) groups is 1. The summed E-state index contributed by atoms with van der Waals surface area (Å²) in [5, 5.41) is 9.83. The maximum Gasteiger partial charge on any atom is 0.150 e. The van der Waals surface area contributed by atoms with Gasteiger partial charge in [0.25, 0.3) is 0 Å².